The van der Waals surface area contributed by atoms with E-state index in [0.717, 1.165) is 10.0 Å². The van der Waals surface area contributed by atoms with Gasteiger partial charge in [0.05, 0.1) is 0 Å². The highest BCUT2D eigenvalue weighted by atomic mass is 79.9. The Hall–Kier alpha value is -1.36. The highest BCUT2D eigenvalue weighted by Gasteiger charge is 2.16. The van der Waals surface area contributed by atoms with Crippen molar-refractivity contribution in [3.8, 4) is 0 Å². The molecular formula is C13H15BrNO3. The van der Waals surface area contributed by atoms with Crippen molar-refractivity contribution in [3.05, 3.63) is 34.3 Å². The predicted molar refractivity (Wildman–Crippen MR) is 71.8 cm³/mol. The van der Waals surface area contributed by atoms with E-state index in [4.69, 9.17) is 4.74 Å². The van der Waals surface area contributed by atoms with Gasteiger partial charge in [-0.25, -0.2) is 4.79 Å². The maximum atomic E-state index is 11.5. The van der Waals surface area contributed by atoms with Gasteiger partial charge in [-0.3, -0.25) is 4.79 Å². The van der Waals surface area contributed by atoms with Crippen LogP contribution in [0.25, 0.3) is 0 Å². The summed E-state index contributed by atoms with van der Waals surface area (Å²) < 4.78 is 5.91. The lowest BCUT2D eigenvalue weighted by atomic mass is 10.1. The fourth-order valence-electron chi connectivity index (χ4n) is 1.26. The van der Waals surface area contributed by atoms with Crippen molar-refractivity contribution in [3.63, 3.8) is 0 Å². The molecule has 5 heteroatoms. The van der Waals surface area contributed by atoms with Crippen LogP contribution in [-0.4, -0.2) is 18.4 Å². The average molecular weight is 313 g/mol. The topological polar surface area (TPSA) is 55.4 Å². The molecule has 0 heterocycles. The minimum atomic E-state index is -0.642. The lowest BCUT2D eigenvalue weighted by Crippen LogP contribution is -2.39. The van der Waals surface area contributed by atoms with Gasteiger partial charge >= 0.3 is 6.09 Å². The second-order valence-electron chi connectivity index (χ2n) is 4.15. The maximum Gasteiger partial charge on any atom is 0.408 e. The number of halogens is 1. The van der Waals surface area contributed by atoms with E-state index >= 15 is 0 Å². The minimum absolute atomic E-state index is 0.0153. The van der Waals surface area contributed by atoms with E-state index in [9.17, 15) is 9.59 Å². The normalized spacial score (nSPS) is 12.0. The van der Waals surface area contributed by atoms with Crippen molar-refractivity contribution in [2.45, 2.75) is 26.5 Å². The van der Waals surface area contributed by atoms with Crippen LogP contribution in [0.1, 0.15) is 19.4 Å². The van der Waals surface area contributed by atoms with E-state index < -0.39 is 12.1 Å². The number of hydrogen-bond acceptors (Lipinski definition) is 3. The number of carbonyl (C=O) groups is 1. The van der Waals surface area contributed by atoms with Crippen LogP contribution in [0.4, 0.5) is 4.79 Å². The first-order valence-electron chi connectivity index (χ1n) is 5.59. The smallest absolute Gasteiger partial charge is 0.408 e. The van der Waals surface area contributed by atoms with Crippen LogP contribution in [0.3, 0.4) is 0 Å². The molecule has 0 spiro atoms. The van der Waals surface area contributed by atoms with Crippen molar-refractivity contribution in [1.29, 1.82) is 0 Å². The van der Waals surface area contributed by atoms with Gasteiger partial charge in [-0.2, -0.15) is 0 Å². The molecule has 18 heavy (non-hydrogen) atoms. The molecule has 0 aliphatic carbocycles. The summed E-state index contributed by atoms with van der Waals surface area (Å²) in [4.78, 5) is 22.1. The number of rotatable bonds is 5. The van der Waals surface area contributed by atoms with Crippen molar-refractivity contribution in [2.24, 2.45) is 5.92 Å². The number of amides is 1. The summed E-state index contributed by atoms with van der Waals surface area (Å²) in [6.45, 7) is 3.80. The van der Waals surface area contributed by atoms with Gasteiger partial charge in [0.25, 0.3) is 0 Å². The van der Waals surface area contributed by atoms with E-state index in [1.165, 1.54) is 0 Å². The van der Waals surface area contributed by atoms with E-state index in [0.29, 0.717) is 0 Å². The van der Waals surface area contributed by atoms with Crippen LogP contribution < -0.4 is 5.32 Å². The quantitative estimate of drug-likeness (QED) is 0.909. The van der Waals surface area contributed by atoms with Gasteiger partial charge in [0, 0.05) is 10.0 Å². The van der Waals surface area contributed by atoms with Gasteiger partial charge in [-0.15, -0.1) is 0 Å². The Morgan fingerprint density at radius 3 is 2.67 bits per heavy atom. The molecule has 1 aromatic rings. The zero-order valence-electron chi connectivity index (χ0n) is 10.3. The largest absolute Gasteiger partial charge is 0.445 e. The molecule has 1 aromatic carbocycles. The number of alkyl carbamates (subject to hydrolysis) is 1. The number of ether oxygens (including phenoxy) is 1. The molecule has 0 aliphatic heterocycles. The van der Waals surface area contributed by atoms with Gasteiger partial charge < -0.3 is 10.1 Å². The SMILES string of the molecule is CC(C)C([C]=O)NC(=O)OCc1ccccc1Br. The third-order valence-corrected chi connectivity index (χ3v) is 3.16. The van der Waals surface area contributed by atoms with Crippen LogP contribution in [0, 0.1) is 5.92 Å². The predicted octanol–water partition coefficient (Wildman–Crippen LogP) is 2.81. The molecule has 0 aromatic heterocycles. The van der Waals surface area contributed by atoms with Crippen molar-refractivity contribution >= 4 is 28.3 Å². The molecule has 0 fully saturated rings. The van der Waals surface area contributed by atoms with Crippen molar-refractivity contribution in [2.75, 3.05) is 0 Å². The fourth-order valence-corrected chi connectivity index (χ4v) is 1.66. The lowest BCUT2D eigenvalue weighted by molar-refractivity contribution is 0.136. The molecule has 1 rings (SSSR count). The molecule has 0 saturated heterocycles. The summed E-state index contributed by atoms with van der Waals surface area (Å²) in [5.41, 5.74) is 0.865. The Labute approximate surface area is 115 Å². The Balaban J connectivity index is 2.47. The zero-order valence-corrected chi connectivity index (χ0v) is 11.9. The number of benzene rings is 1. The summed E-state index contributed by atoms with van der Waals surface area (Å²) >= 11 is 3.36. The van der Waals surface area contributed by atoms with E-state index in [1.54, 1.807) is 6.29 Å². The van der Waals surface area contributed by atoms with Crippen LogP contribution in [-0.2, 0) is 16.1 Å². The summed E-state index contributed by atoms with van der Waals surface area (Å²) in [6, 6.07) is 6.81. The Kier molecular flexibility index (Phi) is 5.85. The van der Waals surface area contributed by atoms with E-state index in [2.05, 4.69) is 21.2 Å². The molecule has 1 atom stereocenters. The summed E-state index contributed by atoms with van der Waals surface area (Å²) in [6.07, 6.45) is 1.15. The highest BCUT2D eigenvalue weighted by molar-refractivity contribution is 9.10. The standard InChI is InChI=1S/C13H15BrNO3/c1-9(2)12(7-16)15-13(17)18-8-10-5-3-4-6-11(10)14/h3-6,9,12H,8H2,1-2H3,(H,15,17). The van der Waals surface area contributed by atoms with Crippen LogP contribution in [0.5, 0.6) is 0 Å². The molecule has 0 saturated carbocycles. The van der Waals surface area contributed by atoms with Gasteiger partial charge in [-0.1, -0.05) is 48.0 Å². The number of carbonyl (C=O) groups excluding carboxylic acids is 2. The molecule has 4 nitrogen and oxygen atoms in total. The number of nitrogens with one attached hydrogen (secondary N) is 1. The fraction of sp³-hybridized carbons (Fsp3) is 0.385. The third-order valence-electron chi connectivity index (χ3n) is 2.38. The molecule has 0 aliphatic rings. The first-order chi connectivity index (χ1) is 8.54. The van der Waals surface area contributed by atoms with E-state index in [1.807, 2.05) is 38.1 Å². The minimum Gasteiger partial charge on any atom is -0.445 e. The average Bonchev–Trinajstić information content (AvgIpc) is 2.34. The van der Waals surface area contributed by atoms with Gasteiger partial charge in [-0.05, 0) is 12.0 Å². The van der Waals surface area contributed by atoms with Gasteiger partial charge in [0.15, 0.2) is 0 Å². The molecule has 1 unspecified atom stereocenters. The lowest BCUT2D eigenvalue weighted by Gasteiger charge is -2.15. The van der Waals surface area contributed by atoms with Crippen LogP contribution in [0.15, 0.2) is 28.7 Å². The Morgan fingerprint density at radius 1 is 1.44 bits per heavy atom. The molecule has 97 valence electrons. The van der Waals surface area contributed by atoms with Crippen LogP contribution in [0.2, 0.25) is 0 Å². The monoisotopic (exact) mass is 312 g/mol. The first-order valence-corrected chi connectivity index (χ1v) is 6.38. The molecule has 1 amide bonds. The van der Waals surface area contributed by atoms with Gasteiger partial charge in [0.1, 0.15) is 12.6 Å². The molecule has 1 radical (unpaired) electrons. The molecule has 1 N–H and O–H groups in total. The first kappa shape index (κ1) is 14.7. The van der Waals surface area contributed by atoms with Gasteiger partial charge in [0.2, 0.25) is 6.29 Å². The van der Waals surface area contributed by atoms with Crippen LogP contribution >= 0.6 is 15.9 Å². The number of hydrogen-bond donors (Lipinski definition) is 1. The summed E-state index contributed by atoms with van der Waals surface area (Å²) in [5.74, 6) is -0.0153. The summed E-state index contributed by atoms with van der Waals surface area (Å²) in [7, 11) is 0. The third kappa shape index (κ3) is 4.49. The van der Waals surface area contributed by atoms with Crippen molar-refractivity contribution < 1.29 is 14.3 Å². The van der Waals surface area contributed by atoms with Crippen molar-refractivity contribution in [1.82, 2.24) is 5.32 Å². The Bertz CT molecular complexity index is 420. The maximum absolute atomic E-state index is 11.5. The van der Waals surface area contributed by atoms with E-state index in [-0.39, 0.29) is 12.5 Å². The second kappa shape index (κ2) is 7.16. The molecular weight excluding hydrogens is 298 g/mol. The summed E-state index contributed by atoms with van der Waals surface area (Å²) in [5, 5.41) is 2.46. The molecule has 0 bridgehead atoms. The Morgan fingerprint density at radius 2 is 2.11 bits per heavy atom. The highest BCUT2D eigenvalue weighted by Crippen LogP contribution is 2.16. The second-order valence-corrected chi connectivity index (χ2v) is 5.01. The zero-order chi connectivity index (χ0) is 13.5.